The molecule has 0 fully saturated rings. The van der Waals surface area contributed by atoms with Gasteiger partial charge in [-0.1, -0.05) is 35.5 Å². The fourth-order valence-electron chi connectivity index (χ4n) is 2.11. The van der Waals surface area contributed by atoms with Crippen molar-refractivity contribution in [3.63, 3.8) is 0 Å². The summed E-state index contributed by atoms with van der Waals surface area (Å²) in [6, 6.07) is 9.82. The summed E-state index contributed by atoms with van der Waals surface area (Å²) in [5.41, 5.74) is 2.83. The van der Waals surface area contributed by atoms with Crippen molar-refractivity contribution in [1.82, 2.24) is 19.9 Å². The van der Waals surface area contributed by atoms with Crippen molar-refractivity contribution >= 4 is 11.6 Å². The maximum atomic E-state index is 6.15. The monoisotopic (exact) mass is 288 g/mol. The Morgan fingerprint density at radius 3 is 2.55 bits per heavy atom. The molecule has 0 N–H and O–H groups in total. The fourth-order valence-corrected chi connectivity index (χ4v) is 2.29. The molecule has 0 unspecified atom stereocenters. The second kappa shape index (κ2) is 5.09. The van der Waals surface area contributed by atoms with E-state index in [1.54, 1.807) is 0 Å². The van der Waals surface area contributed by atoms with Crippen LogP contribution in [0.5, 0.6) is 0 Å². The highest BCUT2D eigenvalue weighted by molar-refractivity contribution is 6.28. The maximum absolute atomic E-state index is 6.15. The summed E-state index contributed by atoms with van der Waals surface area (Å²) in [7, 11) is 0. The lowest BCUT2D eigenvalue weighted by atomic mass is 10.2. The molecule has 0 bridgehead atoms. The van der Waals surface area contributed by atoms with E-state index in [9.17, 15) is 0 Å². The Morgan fingerprint density at radius 1 is 1.15 bits per heavy atom. The van der Waals surface area contributed by atoms with Crippen LogP contribution in [0.3, 0.4) is 0 Å². The molecule has 0 saturated heterocycles. The highest BCUT2D eigenvalue weighted by atomic mass is 35.5. The molecule has 5 nitrogen and oxygen atoms in total. The molecule has 0 atom stereocenters. The van der Waals surface area contributed by atoms with Crippen molar-refractivity contribution in [3.8, 4) is 11.4 Å². The highest BCUT2D eigenvalue weighted by Crippen LogP contribution is 2.23. The average Bonchev–Trinajstić information content (AvgIpc) is 2.98. The Hall–Kier alpha value is -2.14. The van der Waals surface area contributed by atoms with Gasteiger partial charge in [0, 0.05) is 11.1 Å². The van der Waals surface area contributed by atoms with E-state index < -0.39 is 0 Å². The molecule has 6 heteroatoms. The van der Waals surface area contributed by atoms with Gasteiger partial charge in [0.2, 0.25) is 5.28 Å². The maximum Gasteiger partial charge on any atom is 0.225 e. The zero-order chi connectivity index (χ0) is 14.1. The first-order valence-electron chi connectivity index (χ1n) is 6.22. The van der Waals surface area contributed by atoms with Gasteiger partial charge in [0.15, 0.2) is 5.82 Å². The minimum atomic E-state index is 0.351. The molecule has 0 aliphatic rings. The van der Waals surface area contributed by atoms with Crippen LogP contribution < -0.4 is 0 Å². The Morgan fingerprint density at radius 2 is 1.90 bits per heavy atom. The van der Waals surface area contributed by atoms with Crippen LogP contribution in [0.15, 0.2) is 34.9 Å². The molecule has 0 saturated carbocycles. The van der Waals surface area contributed by atoms with Gasteiger partial charge >= 0.3 is 0 Å². The van der Waals surface area contributed by atoms with Gasteiger partial charge in [0.1, 0.15) is 5.76 Å². The number of nitrogens with zero attached hydrogens (tertiary/aromatic N) is 4. The lowest BCUT2D eigenvalue weighted by Gasteiger charge is -2.07. The van der Waals surface area contributed by atoms with Crippen molar-refractivity contribution < 1.29 is 4.52 Å². The SMILES string of the molecule is Cc1noc(C)c1Cn1c(Cl)nnc1-c1ccccc1. The quantitative estimate of drug-likeness (QED) is 0.742. The topological polar surface area (TPSA) is 56.7 Å². The molecule has 2 aromatic heterocycles. The Bertz CT molecular complexity index is 713. The van der Waals surface area contributed by atoms with Gasteiger partial charge in [-0.25, -0.2) is 0 Å². The van der Waals surface area contributed by atoms with E-state index in [4.69, 9.17) is 16.1 Å². The van der Waals surface area contributed by atoms with Gasteiger partial charge in [-0.2, -0.15) is 0 Å². The fraction of sp³-hybridized carbons (Fsp3) is 0.214. The predicted molar refractivity (Wildman–Crippen MR) is 75.5 cm³/mol. The summed E-state index contributed by atoms with van der Waals surface area (Å²) >= 11 is 6.15. The van der Waals surface area contributed by atoms with E-state index >= 15 is 0 Å². The normalized spacial score (nSPS) is 10.9. The van der Waals surface area contributed by atoms with Gasteiger partial charge in [-0.15, -0.1) is 10.2 Å². The number of benzene rings is 1. The van der Waals surface area contributed by atoms with Crippen LogP contribution in [-0.2, 0) is 6.54 Å². The number of halogens is 1. The predicted octanol–water partition coefficient (Wildman–Crippen LogP) is 3.25. The molecular formula is C14H13ClN4O. The molecule has 0 aliphatic heterocycles. The number of aromatic nitrogens is 4. The van der Waals surface area contributed by atoms with Crippen LogP contribution >= 0.6 is 11.6 Å². The molecule has 0 amide bonds. The van der Waals surface area contributed by atoms with Gasteiger partial charge in [0.25, 0.3) is 0 Å². The van der Waals surface area contributed by atoms with Crippen molar-refractivity contribution in [2.45, 2.75) is 20.4 Å². The number of rotatable bonds is 3. The van der Waals surface area contributed by atoms with Crippen molar-refractivity contribution in [3.05, 3.63) is 52.6 Å². The Balaban J connectivity index is 2.05. The summed E-state index contributed by atoms with van der Waals surface area (Å²) < 4.78 is 7.03. The van der Waals surface area contributed by atoms with Gasteiger partial charge in [-0.05, 0) is 25.4 Å². The van der Waals surface area contributed by atoms with Crippen LogP contribution in [0.2, 0.25) is 5.28 Å². The van der Waals surface area contributed by atoms with Crippen molar-refractivity contribution in [1.29, 1.82) is 0 Å². The Labute approximate surface area is 121 Å². The zero-order valence-corrected chi connectivity index (χ0v) is 11.9. The first-order valence-corrected chi connectivity index (χ1v) is 6.60. The van der Waals surface area contributed by atoms with Gasteiger partial charge in [-0.3, -0.25) is 4.57 Å². The molecule has 2 heterocycles. The summed E-state index contributed by atoms with van der Waals surface area (Å²) in [6.45, 7) is 4.33. The van der Waals surface area contributed by atoms with Crippen LogP contribution in [-0.4, -0.2) is 19.9 Å². The second-order valence-electron chi connectivity index (χ2n) is 4.55. The summed E-state index contributed by atoms with van der Waals surface area (Å²) in [6.07, 6.45) is 0. The number of aryl methyl sites for hydroxylation is 2. The molecule has 102 valence electrons. The van der Waals surface area contributed by atoms with Crippen molar-refractivity contribution in [2.24, 2.45) is 0 Å². The van der Waals surface area contributed by atoms with E-state index in [0.717, 1.165) is 28.4 Å². The largest absolute Gasteiger partial charge is 0.361 e. The minimum absolute atomic E-state index is 0.351. The third-order valence-electron chi connectivity index (χ3n) is 3.24. The first-order chi connectivity index (χ1) is 9.66. The van der Waals surface area contributed by atoms with E-state index in [-0.39, 0.29) is 0 Å². The minimum Gasteiger partial charge on any atom is -0.361 e. The van der Waals surface area contributed by atoms with Crippen LogP contribution in [0.1, 0.15) is 17.0 Å². The van der Waals surface area contributed by atoms with Crippen molar-refractivity contribution in [2.75, 3.05) is 0 Å². The summed E-state index contributed by atoms with van der Waals surface area (Å²) in [5, 5.41) is 12.4. The average molecular weight is 289 g/mol. The lowest BCUT2D eigenvalue weighted by molar-refractivity contribution is 0.392. The molecule has 0 spiro atoms. The molecule has 1 aromatic carbocycles. The zero-order valence-electron chi connectivity index (χ0n) is 11.2. The van der Waals surface area contributed by atoms with E-state index in [2.05, 4.69) is 15.4 Å². The summed E-state index contributed by atoms with van der Waals surface area (Å²) in [4.78, 5) is 0. The van der Waals surface area contributed by atoms with E-state index in [1.807, 2.05) is 48.7 Å². The van der Waals surface area contributed by atoms with Crippen LogP contribution in [0.4, 0.5) is 0 Å². The molecule has 0 aliphatic carbocycles. The van der Waals surface area contributed by atoms with Crippen LogP contribution in [0, 0.1) is 13.8 Å². The third-order valence-corrected chi connectivity index (χ3v) is 3.51. The third kappa shape index (κ3) is 2.20. The van der Waals surface area contributed by atoms with Gasteiger partial charge < -0.3 is 4.52 Å². The smallest absolute Gasteiger partial charge is 0.225 e. The molecule has 3 aromatic rings. The van der Waals surface area contributed by atoms with Crippen LogP contribution in [0.25, 0.3) is 11.4 Å². The lowest BCUT2D eigenvalue weighted by Crippen LogP contribution is -2.04. The number of hydrogen-bond donors (Lipinski definition) is 0. The molecule has 3 rings (SSSR count). The van der Waals surface area contributed by atoms with E-state index in [0.29, 0.717) is 11.8 Å². The molecule has 0 radical (unpaired) electrons. The van der Waals surface area contributed by atoms with E-state index in [1.165, 1.54) is 0 Å². The van der Waals surface area contributed by atoms with Gasteiger partial charge in [0.05, 0.1) is 12.2 Å². The summed E-state index contributed by atoms with van der Waals surface area (Å²) in [5.74, 6) is 1.52. The highest BCUT2D eigenvalue weighted by Gasteiger charge is 2.16. The molecular weight excluding hydrogens is 276 g/mol. The molecule has 20 heavy (non-hydrogen) atoms. The second-order valence-corrected chi connectivity index (χ2v) is 4.89. The first kappa shape index (κ1) is 12.9. The standard InChI is InChI=1S/C14H13ClN4O/c1-9-12(10(2)20-18-9)8-19-13(16-17-14(19)15)11-6-4-3-5-7-11/h3-7H,8H2,1-2H3. The Kier molecular flexibility index (Phi) is 3.28. The number of hydrogen-bond acceptors (Lipinski definition) is 4.